The summed E-state index contributed by atoms with van der Waals surface area (Å²) in [6, 6.07) is 2.01. The van der Waals surface area contributed by atoms with Crippen molar-refractivity contribution in [1.82, 2.24) is 0 Å². The van der Waals surface area contributed by atoms with E-state index in [0.717, 1.165) is 12.1 Å². The molecule has 0 radical (unpaired) electrons. The van der Waals surface area contributed by atoms with Gasteiger partial charge in [-0.05, 0) is 23.3 Å². The van der Waals surface area contributed by atoms with Crippen LogP contribution >= 0.6 is 0 Å². The summed E-state index contributed by atoms with van der Waals surface area (Å²) in [5.74, 6) is -1.89. The Bertz CT molecular complexity index is 350. The molecular weight excluding hydrogens is 188 g/mol. The molecule has 0 aliphatic carbocycles. The maximum Gasteiger partial charge on any atom is 0.159 e. The lowest BCUT2D eigenvalue weighted by molar-refractivity contribution is 0.280. The summed E-state index contributed by atoms with van der Waals surface area (Å²) in [4.78, 5) is 0. The summed E-state index contributed by atoms with van der Waals surface area (Å²) < 4.78 is 25.5. The molecule has 2 nitrogen and oxygen atoms in total. The maximum absolute atomic E-state index is 12.8. The van der Waals surface area contributed by atoms with Gasteiger partial charge >= 0.3 is 0 Å². The third-order valence-corrected chi connectivity index (χ3v) is 1.79. The van der Waals surface area contributed by atoms with E-state index >= 15 is 0 Å². The highest BCUT2D eigenvalue weighted by molar-refractivity contribution is 5.54. The van der Waals surface area contributed by atoms with E-state index < -0.39 is 11.6 Å². The van der Waals surface area contributed by atoms with Crippen LogP contribution in [0, 0.1) is 11.6 Å². The van der Waals surface area contributed by atoms with Crippen LogP contribution in [0.4, 0.5) is 8.78 Å². The number of rotatable bonds is 3. The van der Waals surface area contributed by atoms with Gasteiger partial charge in [-0.15, -0.1) is 0 Å². The predicted octanol–water partition coefficient (Wildman–Crippen LogP) is 1.43. The Hall–Kier alpha value is -1.26. The molecule has 1 aromatic carbocycles. The summed E-state index contributed by atoms with van der Waals surface area (Å²) >= 11 is 0. The van der Waals surface area contributed by atoms with E-state index in [1.54, 1.807) is 12.2 Å². The number of hydrogen-bond acceptors (Lipinski definition) is 2. The van der Waals surface area contributed by atoms with Crippen LogP contribution in [0.15, 0.2) is 18.2 Å². The van der Waals surface area contributed by atoms with Gasteiger partial charge < -0.3 is 10.8 Å². The van der Waals surface area contributed by atoms with Crippen LogP contribution in [-0.4, -0.2) is 11.7 Å². The van der Waals surface area contributed by atoms with Gasteiger partial charge in [0.05, 0.1) is 6.61 Å². The quantitative estimate of drug-likeness (QED) is 0.773. The minimum absolute atomic E-state index is 0.309. The molecule has 76 valence electrons. The average Bonchev–Trinajstić information content (AvgIpc) is 2.19. The van der Waals surface area contributed by atoms with Gasteiger partial charge in [-0.1, -0.05) is 12.2 Å². The summed E-state index contributed by atoms with van der Waals surface area (Å²) in [6.45, 7) is -0.0225. The van der Waals surface area contributed by atoms with Crippen molar-refractivity contribution >= 4 is 6.08 Å². The van der Waals surface area contributed by atoms with Gasteiger partial charge in [0.15, 0.2) is 11.6 Å². The summed E-state index contributed by atoms with van der Waals surface area (Å²) in [6.07, 6.45) is 3.15. The molecule has 0 saturated heterocycles. The first-order valence-electron chi connectivity index (χ1n) is 4.14. The minimum atomic E-state index is -0.959. The van der Waals surface area contributed by atoms with Crippen molar-refractivity contribution in [1.29, 1.82) is 0 Å². The molecule has 0 aliphatic heterocycles. The van der Waals surface area contributed by atoms with E-state index in [-0.39, 0.29) is 6.61 Å². The van der Waals surface area contributed by atoms with Crippen molar-refractivity contribution in [2.24, 2.45) is 5.73 Å². The third-order valence-electron chi connectivity index (χ3n) is 1.79. The molecule has 3 N–H and O–H groups in total. The fourth-order valence-corrected chi connectivity index (χ4v) is 1.09. The third kappa shape index (κ3) is 2.37. The van der Waals surface area contributed by atoms with E-state index in [1.165, 1.54) is 0 Å². The van der Waals surface area contributed by atoms with Gasteiger partial charge in [0.2, 0.25) is 0 Å². The normalized spacial score (nSPS) is 11.1. The summed E-state index contributed by atoms with van der Waals surface area (Å²) in [7, 11) is 0. The molecule has 0 fully saturated rings. The highest BCUT2D eigenvalue weighted by Crippen LogP contribution is 2.16. The molecule has 0 amide bonds. The molecule has 0 atom stereocenters. The fourth-order valence-electron chi connectivity index (χ4n) is 1.09. The Morgan fingerprint density at radius 3 is 2.50 bits per heavy atom. The monoisotopic (exact) mass is 199 g/mol. The van der Waals surface area contributed by atoms with Crippen molar-refractivity contribution < 1.29 is 13.9 Å². The molecule has 1 aromatic rings. The van der Waals surface area contributed by atoms with E-state index in [1.807, 2.05) is 0 Å². The maximum atomic E-state index is 12.8. The van der Waals surface area contributed by atoms with E-state index in [2.05, 4.69) is 0 Å². The second-order valence-corrected chi connectivity index (χ2v) is 2.76. The van der Waals surface area contributed by atoms with Gasteiger partial charge in [0.25, 0.3) is 0 Å². The lowest BCUT2D eigenvalue weighted by Crippen LogP contribution is -1.96. The Morgan fingerprint density at radius 1 is 1.29 bits per heavy atom. The Morgan fingerprint density at radius 2 is 1.93 bits per heavy atom. The standard InChI is InChI=1S/C10H11F2NO/c11-9-4-7(2-1-3-13)8(6-14)5-10(9)12/h1-2,4-5,14H,3,6,13H2/b2-1+. The van der Waals surface area contributed by atoms with Crippen LogP contribution in [0.2, 0.25) is 0 Å². The topological polar surface area (TPSA) is 46.2 Å². The van der Waals surface area contributed by atoms with Gasteiger partial charge in [0, 0.05) is 6.54 Å². The molecule has 0 aliphatic rings. The molecule has 0 saturated carbocycles. The highest BCUT2D eigenvalue weighted by Gasteiger charge is 2.06. The molecule has 0 aromatic heterocycles. The Labute approximate surface area is 80.7 Å². The number of aliphatic hydroxyl groups excluding tert-OH is 1. The number of halogens is 2. The molecule has 14 heavy (non-hydrogen) atoms. The molecule has 0 heterocycles. The molecule has 1 rings (SSSR count). The van der Waals surface area contributed by atoms with Crippen LogP contribution in [0.25, 0.3) is 6.08 Å². The smallest absolute Gasteiger partial charge is 0.159 e. The van der Waals surface area contributed by atoms with Crippen molar-refractivity contribution in [2.45, 2.75) is 6.61 Å². The summed E-state index contributed by atoms with van der Waals surface area (Å²) in [5, 5.41) is 8.88. The van der Waals surface area contributed by atoms with Gasteiger partial charge in [0.1, 0.15) is 0 Å². The highest BCUT2D eigenvalue weighted by atomic mass is 19.2. The minimum Gasteiger partial charge on any atom is -0.392 e. The van der Waals surface area contributed by atoms with Crippen LogP contribution in [0.3, 0.4) is 0 Å². The molecular formula is C10H11F2NO. The van der Waals surface area contributed by atoms with Crippen LogP contribution < -0.4 is 5.73 Å². The van der Waals surface area contributed by atoms with E-state index in [4.69, 9.17) is 10.8 Å². The summed E-state index contributed by atoms with van der Waals surface area (Å²) in [5.41, 5.74) is 6.00. The second-order valence-electron chi connectivity index (χ2n) is 2.76. The number of benzene rings is 1. The average molecular weight is 199 g/mol. The zero-order valence-corrected chi connectivity index (χ0v) is 7.50. The number of nitrogens with two attached hydrogens (primary N) is 1. The van der Waals surface area contributed by atoms with Crippen molar-refractivity contribution in [3.05, 3.63) is 41.0 Å². The van der Waals surface area contributed by atoms with Gasteiger partial charge in [-0.3, -0.25) is 0 Å². The van der Waals surface area contributed by atoms with Gasteiger partial charge in [-0.25, -0.2) is 8.78 Å². The lowest BCUT2D eigenvalue weighted by Gasteiger charge is -2.03. The number of hydrogen-bond donors (Lipinski definition) is 2. The Kier molecular flexibility index (Phi) is 3.73. The molecule has 4 heteroatoms. The van der Waals surface area contributed by atoms with Gasteiger partial charge in [-0.2, -0.15) is 0 Å². The predicted molar refractivity (Wildman–Crippen MR) is 50.4 cm³/mol. The zero-order chi connectivity index (χ0) is 10.6. The Balaban J connectivity index is 3.13. The van der Waals surface area contributed by atoms with E-state index in [0.29, 0.717) is 17.7 Å². The van der Waals surface area contributed by atoms with Crippen molar-refractivity contribution in [2.75, 3.05) is 6.54 Å². The SMILES string of the molecule is NC/C=C/c1cc(F)c(F)cc1CO. The first kappa shape index (κ1) is 10.8. The fraction of sp³-hybridized carbons (Fsp3) is 0.200. The molecule has 0 unspecified atom stereocenters. The lowest BCUT2D eigenvalue weighted by atomic mass is 10.1. The molecule has 0 bridgehead atoms. The second kappa shape index (κ2) is 4.83. The number of aliphatic hydroxyl groups is 1. The van der Waals surface area contributed by atoms with E-state index in [9.17, 15) is 8.78 Å². The largest absolute Gasteiger partial charge is 0.392 e. The van der Waals surface area contributed by atoms with Crippen molar-refractivity contribution in [3.63, 3.8) is 0 Å². The molecule has 0 spiro atoms. The zero-order valence-electron chi connectivity index (χ0n) is 7.50. The van der Waals surface area contributed by atoms with Crippen LogP contribution in [-0.2, 0) is 6.61 Å². The van der Waals surface area contributed by atoms with Crippen LogP contribution in [0.5, 0.6) is 0 Å². The van der Waals surface area contributed by atoms with Crippen LogP contribution in [0.1, 0.15) is 11.1 Å². The first-order chi connectivity index (χ1) is 6.69. The van der Waals surface area contributed by atoms with Crippen molar-refractivity contribution in [3.8, 4) is 0 Å². The first-order valence-corrected chi connectivity index (χ1v) is 4.14.